The van der Waals surface area contributed by atoms with Crippen LogP contribution in [0.2, 0.25) is 0 Å². The van der Waals surface area contributed by atoms with Gasteiger partial charge in [0.25, 0.3) is 0 Å². The molecule has 1 N–H and O–H groups in total. The van der Waals surface area contributed by atoms with Crippen molar-refractivity contribution in [1.82, 2.24) is 15.2 Å². The van der Waals surface area contributed by atoms with E-state index in [0.717, 1.165) is 29.4 Å². The van der Waals surface area contributed by atoms with Crippen molar-refractivity contribution in [2.24, 2.45) is 0 Å². The molecule has 122 valence electrons. The van der Waals surface area contributed by atoms with Crippen molar-refractivity contribution >= 4 is 34.7 Å². The summed E-state index contributed by atoms with van der Waals surface area (Å²) in [5.74, 6) is 0.853. The SMILES string of the molecule is CC(Sc1n[nH]c(-c2cccs2)n1)C(=O)N1CCc2ccccc21. The van der Waals surface area contributed by atoms with Gasteiger partial charge in [0.05, 0.1) is 10.1 Å². The van der Waals surface area contributed by atoms with Gasteiger partial charge in [-0.2, -0.15) is 0 Å². The second-order valence-corrected chi connectivity index (χ2v) is 7.83. The number of rotatable bonds is 4. The van der Waals surface area contributed by atoms with E-state index in [1.165, 1.54) is 17.3 Å². The highest BCUT2D eigenvalue weighted by atomic mass is 32.2. The molecule has 0 aliphatic carbocycles. The molecule has 5 nitrogen and oxygen atoms in total. The average molecular weight is 356 g/mol. The summed E-state index contributed by atoms with van der Waals surface area (Å²) >= 11 is 3.00. The number of benzene rings is 1. The molecule has 1 aliphatic heterocycles. The number of aromatic nitrogens is 3. The van der Waals surface area contributed by atoms with Crippen LogP contribution >= 0.6 is 23.1 Å². The number of anilines is 1. The van der Waals surface area contributed by atoms with Crippen molar-refractivity contribution in [2.75, 3.05) is 11.4 Å². The topological polar surface area (TPSA) is 61.9 Å². The summed E-state index contributed by atoms with van der Waals surface area (Å²) in [5.41, 5.74) is 2.27. The predicted molar refractivity (Wildman–Crippen MR) is 97.5 cm³/mol. The van der Waals surface area contributed by atoms with Crippen molar-refractivity contribution in [3.05, 3.63) is 47.3 Å². The van der Waals surface area contributed by atoms with E-state index in [0.29, 0.717) is 5.16 Å². The third kappa shape index (κ3) is 2.85. The van der Waals surface area contributed by atoms with E-state index in [1.807, 2.05) is 47.5 Å². The second kappa shape index (κ2) is 6.41. The summed E-state index contributed by atoms with van der Waals surface area (Å²) in [7, 11) is 0. The maximum absolute atomic E-state index is 12.8. The Labute approximate surface area is 148 Å². The number of H-pyrrole nitrogens is 1. The normalized spacial score (nSPS) is 14.6. The van der Waals surface area contributed by atoms with Crippen molar-refractivity contribution in [1.29, 1.82) is 0 Å². The molecule has 0 radical (unpaired) electrons. The molecule has 1 unspecified atom stereocenters. The molecule has 1 amide bonds. The number of amides is 1. The lowest BCUT2D eigenvalue weighted by molar-refractivity contribution is -0.117. The molecule has 0 fully saturated rings. The van der Waals surface area contributed by atoms with Gasteiger partial charge in [0.15, 0.2) is 5.82 Å². The molecule has 1 aromatic carbocycles. The largest absolute Gasteiger partial charge is 0.311 e. The van der Waals surface area contributed by atoms with Crippen molar-refractivity contribution in [3.63, 3.8) is 0 Å². The molecule has 24 heavy (non-hydrogen) atoms. The summed E-state index contributed by atoms with van der Waals surface area (Å²) in [6.45, 7) is 2.66. The maximum Gasteiger partial charge on any atom is 0.240 e. The highest BCUT2D eigenvalue weighted by molar-refractivity contribution is 8.00. The first-order chi connectivity index (χ1) is 11.7. The fraction of sp³-hybridized carbons (Fsp3) is 0.235. The Kier molecular flexibility index (Phi) is 4.12. The number of carbonyl (C=O) groups excluding carboxylic acids is 1. The molecular formula is C17H16N4OS2. The zero-order valence-electron chi connectivity index (χ0n) is 13.1. The molecule has 0 spiro atoms. The summed E-state index contributed by atoms with van der Waals surface area (Å²) in [6.07, 6.45) is 0.919. The summed E-state index contributed by atoms with van der Waals surface area (Å²) in [4.78, 5) is 20.2. The van der Waals surface area contributed by atoms with E-state index in [9.17, 15) is 4.79 Å². The van der Waals surface area contributed by atoms with E-state index in [-0.39, 0.29) is 11.2 Å². The van der Waals surface area contributed by atoms with Crippen LogP contribution in [0.4, 0.5) is 5.69 Å². The maximum atomic E-state index is 12.8. The van der Waals surface area contributed by atoms with E-state index < -0.39 is 0 Å². The third-order valence-electron chi connectivity index (χ3n) is 4.00. The van der Waals surface area contributed by atoms with Crippen LogP contribution in [0.25, 0.3) is 10.7 Å². The van der Waals surface area contributed by atoms with E-state index >= 15 is 0 Å². The van der Waals surface area contributed by atoms with Crippen LogP contribution in [0.5, 0.6) is 0 Å². The quantitative estimate of drug-likeness (QED) is 0.726. The van der Waals surface area contributed by atoms with Crippen LogP contribution in [0, 0.1) is 0 Å². The first-order valence-electron chi connectivity index (χ1n) is 7.74. The van der Waals surface area contributed by atoms with Gasteiger partial charge < -0.3 is 4.90 Å². The fourth-order valence-corrected chi connectivity index (χ4v) is 4.27. The first kappa shape index (κ1) is 15.4. The molecule has 3 aromatic rings. The molecule has 1 aliphatic rings. The number of hydrogen-bond acceptors (Lipinski definition) is 5. The number of nitrogens with zero attached hydrogens (tertiary/aromatic N) is 3. The summed E-state index contributed by atoms with van der Waals surface area (Å²) in [6, 6.07) is 12.1. The van der Waals surface area contributed by atoms with Crippen LogP contribution in [0.3, 0.4) is 0 Å². The summed E-state index contributed by atoms with van der Waals surface area (Å²) in [5, 5.41) is 9.54. The van der Waals surface area contributed by atoms with Crippen LogP contribution in [0.15, 0.2) is 46.9 Å². The number of hydrogen-bond donors (Lipinski definition) is 1. The monoisotopic (exact) mass is 356 g/mol. The molecule has 2 aromatic heterocycles. The van der Waals surface area contributed by atoms with Crippen LogP contribution in [-0.4, -0.2) is 32.9 Å². The van der Waals surface area contributed by atoms with Gasteiger partial charge >= 0.3 is 0 Å². The van der Waals surface area contributed by atoms with Gasteiger partial charge in [0.2, 0.25) is 11.1 Å². The minimum absolute atomic E-state index is 0.104. The molecule has 0 saturated heterocycles. The van der Waals surface area contributed by atoms with Gasteiger partial charge in [-0.05, 0) is 36.4 Å². The van der Waals surface area contributed by atoms with Gasteiger partial charge in [0.1, 0.15) is 0 Å². The molecule has 7 heteroatoms. The van der Waals surface area contributed by atoms with Crippen molar-refractivity contribution < 1.29 is 4.79 Å². The number of fused-ring (bicyclic) bond motifs is 1. The molecular weight excluding hydrogens is 340 g/mol. The molecule has 3 heterocycles. The Morgan fingerprint density at radius 2 is 2.21 bits per heavy atom. The number of para-hydroxylation sites is 1. The molecule has 0 bridgehead atoms. The second-order valence-electron chi connectivity index (χ2n) is 5.57. The van der Waals surface area contributed by atoms with Crippen LogP contribution in [-0.2, 0) is 11.2 Å². The minimum atomic E-state index is -0.233. The lowest BCUT2D eigenvalue weighted by atomic mass is 10.2. The van der Waals surface area contributed by atoms with E-state index in [4.69, 9.17) is 0 Å². The summed E-state index contributed by atoms with van der Waals surface area (Å²) < 4.78 is 0. The van der Waals surface area contributed by atoms with Gasteiger partial charge in [-0.25, -0.2) is 4.98 Å². The number of nitrogens with one attached hydrogen (secondary N) is 1. The van der Waals surface area contributed by atoms with Gasteiger partial charge in [0, 0.05) is 12.2 Å². The highest BCUT2D eigenvalue weighted by Crippen LogP contribution is 2.31. The minimum Gasteiger partial charge on any atom is -0.311 e. The van der Waals surface area contributed by atoms with E-state index in [1.54, 1.807) is 11.3 Å². The number of thiophene rings is 1. The van der Waals surface area contributed by atoms with Crippen molar-refractivity contribution in [3.8, 4) is 10.7 Å². The van der Waals surface area contributed by atoms with Crippen molar-refractivity contribution in [2.45, 2.75) is 23.8 Å². The Balaban J connectivity index is 1.47. The molecule has 4 rings (SSSR count). The number of carbonyl (C=O) groups is 1. The van der Waals surface area contributed by atoms with Gasteiger partial charge in [-0.15, -0.1) is 16.4 Å². The van der Waals surface area contributed by atoms with Gasteiger partial charge in [-0.1, -0.05) is 36.0 Å². The third-order valence-corrected chi connectivity index (χ3v) is 5.83. The van der Waals surface area contributed by atoms with E-state index in [2.05, 4.69) is 21.2 Å². The highest BCUT2D eigenvalue weighted by Gasteiger charge is 2.29. The standard InChI is InChI=1S/C17H16N4OS2/c1-11(16(22)21-9-8-12-5-2-3-6-13(12)21)24-17-18-15(19-20-17)14-7-4-10-23-14/h2-7,10-11H,8-9H2,1H3,(H,18,19,20). The van der Waals surface area contributed by atoms with Crippen LogP contribution < -0.4 is 4.90 Å². The zero-order valence-corrected chi connectivity index (χ0v) is 14.7. The lowest BCUT2D eigenvalue weighted by Gasteiger charge is -2.20. The number of thioether (sulfide) groups is 1. The Hall–Kier alpha value is -2.12. The van der Waals surface area contributed by atoms with Crippen LogP contribution in [0.1, 0.15) is 12.5 Å². The lowest BCUT2D eigenvalue weighted by Crippen LogP contribution is -2.35. The number of aromatic amines is 1. The zero-order chi connectivity index (χ0) is 16.5. The fourth-order valence-electron chi connectivity index (χ4n) is 2.82. The Morgan fingerprint density at radius 1 is 1.33 bits per heavy atom. The van der Waals surface area contributed by atoms with Gasteiger partial charge in [-0.3, -0.25) is 9.89 Å². The first-order valence-corrected chi connectivity index (χ1v) is 9.50. The average Bonchev–Trinajstić information content (AvgIpc) is 3.33. The molecule has 1 atom stereocenters. The Bertz CT molecular complexity index is 859. The molecule has 0 saturated carbocycles. The smallest absolute Gasteiger partial charge is 0.240 e. The Morgan fingerprint density at radius 3 is 3.04 bits per heavy atom. The predicted octanol–water partition coefficient (Wildman–Crippen LogP) is 3.60.